The summed E-state index contributed by atoms with van der Waals surface area (Å²) in [7, 11) is 1.60. The van der Waals surface area contributed by atoms with E-state index < -0.39 is 6.04 Å². The molecule has 0 saturated heterocycles. The van der Waals surface area contributed by atoms with Crippen molar-refractivity contribution in [3.63, 3.8) is 0 Å². The molecule has 8 heteroatoms. The number of pyridine rings is 1. The van der Waals surface area contributed by atoms with E-state index in [0.717, 1.165) is 33.1 Å². The van der Waals surface area contributed by atoms with Gasteiger partial charge in [-0.2, -0.15) is 10.2 Å². The molecule has 1 aromatic carbocycles. The average molecular weight is 335 g/mol. The number of nitrogens with one attached hydrogen (secondary N) is 2. The SMILES string of the molecule is CNC(=O)C(C)n1cc2c(N)nc3cc(-c4ccn[nH]4)ccc3c2n1. The summed E-state index contributed by atoms with van der Waals surface area (Å²) in [4.78, 5) is 16.4. The van der Waals surface area contributed by atoms with Crippen LogP contribution in [0.5, 0.6) is 0 Å². The number of fused-ring (bicyclic) bond motifs is 3. The third-order valence-electron chi connectivity index (χ3n) is 4.34. The van der Waals surface area contributed by atoms with E-state index in [0.29, 0.717) is 5.82 Å². The van der Waals surface area contributed by atoms with E-state index in [2.05, 4.69) is 25.6 Å². The average Bonchev–Trinajstić information content (AvgIpc) is 3.30. The van der Waals surface area contributed by atoms with Crippen molar-refractivity contribution in [3.8, 4) is 11.3 Å². The van der Waals surface area contributed by atoms with E-state index in [9.17, 15) is 4.79 Å². The molecule has 3 heterocycles. The zero-order chi connectivity index (χ0) is 17.6. The number of hydrogen-bond acceptors (Lipinski definition) is 5. The van der Waals surface area contributed by atoms with Gasteiger partial charge in [0.25, 0.3) is 0 Å². The summed E-state index contributed by atoms with van der Waals surface area (Å²) in [6.45, 7) is 1.78. The number of rotatable bonds is 3. The van der Waals surface area contributed by atoms with Crippen molar-refractivity contribution in [1.82, 2.24) is 30.3 Å². The number of anilines is 1. The van der Waals surface area contributed by atoms with E-state index in [1.165, 1.54) is 0 Å². The summed E-state index contributed by atoms with van der Waals surface area (Å²) in [5.74, 6) is 0.268. The van der Waals surface area contributed by atoms with Gasteiger partial charge in [0.05, 0.1) is 16.6 Å². The molecular formula is C17H17N7O. The number of nitrogens with two attached hydrogens (primary N) is 1. The molecule has 0 fully saturated rings. The molecule has 4 rings (SSSR count). The van der Waals surface area contributed by atoms with Gasteiger partial charge in [0.15, 0.2) is 0 Å². The van der Waals surface area contributed by atoms with Gasteiger partial charge in [-0.25, -0.2) is 4.98 Å². The number of nitrogens with zero attached hydrogens (tertiary/aromatic N) is 4. The largest absolute Gasteiger partial charge is 0.383 e. The molecule has 8 nitrogen and oxygen atoms in total. The first-order valence-corrected chi connectivity index (χ1v) is 7.88. The second-order valence-electron chi connectivity index (χ2n) is 5.86. The van der Waals surface area contributed by atoms with Crippen molar-refractivity contribution >= 4 is 33.5 Å². The smallest absolute Gasteiger partial charge is 0.244 e. The molecule has 0 radical (unpaired) electrons. The number of amides is 1. The minimum Gasteiger partial charge on any atom is -0.383 e. The number of aromatic nitrogens is 5. The lowest BCUT2D eigenvalue weighted by Gasteiger charge is -2.09. The first-order chi connectivity index (χ1) is 12.1. The van der Waals surface area contributed by atoms with Gasteiger partial charge in [-0.1, -0.05) is 6.07 Å². The summed E-state index contributed by atoms with van der Waals surface area (Å²) in [6, 6.07) is 7.34. The molecule has 0 aliphatic carbocycles. The topological polar surface area (TPSA) is 115 Å². The van der Waals surface area contributed by atoms with Crippen LogP contribution in [0, 0.1) is 0 Å². The Hall–Kier alpha value is -3.42. The molecule has 0 saturated carbocycles. The van der Waals surface area contributed by atoms with E-state index >= 15 is 0 Å². The van der Waals surface area contributed by atoms with E-state index in [1.807, 2.05) is 24.3 Å². The van der Waals surface area contributed by atoms with Gasteiger partial charge in [0, 0.05) is 30.4 Å². The Kier molecular flexibility index (Phi) is 3.38. The third-order valence-corrected chi connectivity index (χ3v) is 4.34. The van der Waals surface area contributed by atoms with Gasteiger partial charge < -0.3 is 11.1 Å². The molecule has 4 aromatic rings. The van der Waals surface area contributed by atoms with Crippen molar-refractivity contribution in [2.75, 3.05) is 12.8 Å². The summed E-state index contributed by atoms with van der Waals surface area (Å²) in [5, 5.41) is 15.7. The molecule has 0 spiro atoms. The Labute approximate surface area is 143 Å². The van der Waals surface area contributed by atoms with Crippen molar-refractivity contribution in [1.29, 1.82) is 0 Å². The zero-order valence-corrected chi connectivity index (χ0v) is 13.8. The quantitative estimate of drug-likeness (QED) is 0.529. The molecule has 3 aromatic heterocycles. The van der Waals surface area contributed by atoms with Crippen LogP contribution in [0.15, 0.2) is 36.7 Å². The number of likely N-dealkylation sites (N-methyl/N-ethyl adjacent to an activating group) is 1. The first kappa shape index (κ1) is 15.1. The predicted octanol–water partition coefficient (Wildman–Crippen LogP) is 1.86. The fourth-order valence-corrected chi connectivity index (χ4v) is 2.90. The van der Waals surface area contributed by atoms with E-state index in [-0.39, 0.29) is 5.91 Å². The third kappa shape index (κ3) is 2.38. The Morgan fingerprint density at radius 1 is 1.32 bits per heavy atom. The Bertz CT molecular complexity index is 1080. The molecule has 1 amide bonds. The van der Waals surface area contributed by atoms with Crippen LogP contribution in [0.2, 0.25) is 0 Å². The van der Waals surface area contributed by atoms with Crippen LogP contribution in [0.4, 0.5) is 5.82 Å². The molecule has 126 valence electrons. The van der Waals surface area contributed by atoms with Gasteiger partial charge >= 0.3 is 0 Å². The number of nitrogen functional groups attached to an aromatic ring is 1. The van der Waals surface area contributed by atoms with E-state index in [1.54, 1.807) is 31.0 Å². The highest BCUT2D eigenvalue weighted by Gasteiger charge is 2.18. The highest BCUT2D eigenvalue weighted by atomic mass is 16.2. The van der Waals surface area contributed by atoms with Crippen LogP contribution in [0.1, 0.15) is 13.0 Å². The molecule has 1 atom stereocenters. The first-order valence-electron chi connectivity index (χ1n) is 7.88. The number of hydrogen-bond donors (Lipinski definition) is 3. The van der Waals surface area contributed by atoms with Crippen LogP contribution < -0.4 is 11.1 Å². The Morgan fingerprint density at radius 2 is 2.16 bits per heavy atom. The standard InChI is InChI=1S/C17H17N7O/c1-9(17(25)19-2)24-8-12-15(23-24)11-4-3-10(13-5-6-20-22-13)7-14(11)21-16(12)18/h3-9H,1-2H3,(H2,18,21)(H,19,25)(H,20,22). The van der Waals surface area contributed by atoms with Crippen LogP contribution in [-0.4, -0.2) is 37.9 Å². The van der Waals surface area contributed by atoms with E-state index in [4.69, 9.17) is 5.73 Å². The van der Waals surface area contributed by atoms with Crippen LogP contribution >= 0.6 is 0 Å². The van der Waals surface area contributed by atoms with Crippen molar-refractivity contribution in [3.05, 3.63) is 36.7 Å². The minimum absolute atomic E-state index is 0.120. The molecule has 0 aliphatic heterocycles. The molecule has 0 aliphatic rings. The van der Waals surface area contributed by atoms with Gasteiger partial charge in [-0.3, -0.25) is 14.6 Å². The van der Waals surface area contributed by atoms with Gasteiger partial charge in [-0.15, -0.1) is 0 Å². The summed E-state index contributed by atoms with van der Waals surface area (Å²) in [6.07, 6.45) is 3.46. The Morgan fingerprint density at radius 3 is 2.88 bits per heavy atom. The fraction of sp³-hybridized carbons (Fsp3) is 0.176. The second kappa shape index (κ2) is 5.59. The number of aromatic amines is 1. The monoisotopic (exact) mass is 335 g/mol. The predicted molar refractivity (Wildman–Crippen MR) is 95.8 cm³/mol. The number of carbonyl (C=O) groups is 1. The second-order valence-corrected chi connectivity index (χ2v) is 5.86. The molecule has 1 unspecified atom stereocenters. The maximum atomic E-state index is 11.9. The zero-order valence-electron chi connectivity index (χ0n) is 13.8. The highest BCUT2D eigenvalue weighted by Crippen LogP contribution is 2.30. The maximum Gasteiger partial charge on any atom is 0.244 e. The van der Waals surface area contributed by atoms with Crippen LogP contribution in [-0.2, 0) is 4.79 Å². The number of H-pyrrole nitrogens is 1. The van der Waals surface area contributed by atoms with Gasteiger partial charge in [0.2, 0.25) is 5.91 Å². The lowest BCUT2D eigenvalue weighted by molar-refractivity contribution is -0.123. The van der Waals surface area contributed by atoms with Crippen molar-refractivity contribution in [2.24, 2.45) is 0 Å². The lowest BCUT2D eigenvalue weighted by Crippen LogP contribution is -2.27. The summed E-state index contributed by atoms with van der Waals surface area (Å²) >= 11 is 0. The maximum absolute atomic E-state index is 11.9. The molecular weight excluding hydrogens is 318 g/mol. The summed E-state index contributed by atoms with van der Waals surface area (Å²) in [5.41, 5.74) is 9.48. The van der Waals surface area contributed by atoms with Crippen LogP contribution in [0.3, 0.4) is 0 Å². The molecule has 0 bridgehead atoms. The lowest BCUT2D eigenvalue weighted by atomic mass is 10.1. The van der Waals surface area contributed by atoms with Crippen molar-refractivity contribution < 1.29 is 4.79 Å². The minimum atomic E-state index is -0.434. The van der Waals surface area contributed by atoms with Crippen LogP contribution in [0.25, 0.3) is 33.1 Å². The molecule has 25 heavy (non-hydrogen) atoms. The fourth-order valence-electron chi connectivity index (χ4n) is 2.90. The normalized spacial score (nSPS) is 12.6. The Balaban J connectivity index is 1.91. The number of carbonyl (C=O) groups excluding carboxylic acids is 1. The highest BCUT2D eigenvalue weighted by molar-refractivity contribution is 6.08. The molecule has 4 N–H and O–H groups in total. The van der Waals surface area contributed by atoms with Gasteiger partial charge in [-0.05, 0) is 25.1 Å². The number of benzene rings is 1. The van der Waals surface area contributed by atoms with Crippen molar-refractivity contribution in [2.45, 2.75) is 13.0 Å². The summed E-state index contributed by atoms with van der Waals surface area (Å²) < 4.78 is 1.61. The van der Waals surface area contributed by atoms with Gasteiger partial charge in [0.1, 0.15) is 17.4 Å².